The van der Waals surface area contributed by atoms with E-state index in [4.69, 9.17) is 28.4 Å². The summed E-state index contributed by atoms with van der Waals surface area (Å²) >= 11 is 0. The summed E-state index contributed by atoms with van der Waals surface area (Å²) in [6.07, 6.45) is 15.6. The number of rotatable bonds is 21. The highest BCUT2D eigenvalue weighted by Gasteiger charge is 2.45. The van der Waals surface area contributed by atoms with Gasteiger partial charge in [-0.2, -0.15) is 10.5 Å². The Morgan fingerprint density at radius 3 is 2.04 bits per heavy atom. The maximum atomic E-state index is 10.9. The molecule has 0 radical (unpaired) electrons. The molecule has 18 heteroatoms. The van der Waals surface area contributed by atoms with Gasteiger partial charge in [0.1, 0.15) is 43.3 Å². The van der Waals surface area contributed by atoms with E-state index in [-0.39, 0.29) is 43.4 Å². The van der Waals surface area contributed by atoms with Crippen LogP contribution in [0.1, 0.15) is 84.5 Å². The summed E-state index contributed by atoms with van der Waals surface area (Å²) in [7, 11) is 3.46. The number of methoxy groups -OCH3 is 2. The second-order valence-electron chi connectivity index (χ2n) is 19.8. The van der Waals surface area contributed by atoms with Gasteiger partial charge in [0.25, 0.3) is 0 Å². The lowest BCUT2D eigenvalue weighted by Gasteiger charge is -2.45. The van der Waals surface area contributed by atoms with Crippen LogP contribution in [0, 0.1) is 39.4 Å². The highest BCUT2D eigenvalue weighted by molar-refractivity contribution is 5.63. The van der Waals surface area contributed by atoms with E-state index < -0.39 is 10.8 Å². The normalized spacial score (nSPS) is 26.4. The zero-order chi connectivity index (χ0) is 48.8. The summed E-state index contributed by atoms with van der Waals surface area (Å²) in [5.41, 5.74) is 1.53. The fraction of sp³-hybridized carbons (Fsp3) is 0.615. The predicted octanol–water partition coefficient (Wildman–Crippen LogP) is 6.78. The van der Waals surface area contributed by atoms with Crippen molar-refractivity contribution in [2.24, 2.45) is 16.7 Å². The van der Waals surface area contributed by atoms with Crippen molar-refractivity contribution in [2.45, 2.75) is 127 Å². The van der Waals surface area contributed by atoms with Crippen LogP contribution in [0.25, 0.3) is 22.6 Å². The number of anilines is 2. The molecule has 7 atom stereocenters. The molecule has 374 valence electrons. The maximum Gasteiger partial charge on any atom is 0.213 e. The molecule has 2 aliphatic carbocycles. The highest BCUT2D eigenvalue weighted by Crippen LogP contribution is 2.42. The van der Waals surface area contributed by atoms with Crippen molar-refractivity contribution in [3.8, 4) is 46.4 Å². The van der Waals surface area contributed by atoms with E-state index in [1.165, 1.54) is 0 Å². The minimum atomic E-state index is -0.774. The minimum Gasteiger partial charge on any atom is -0.492 e. The van der Waals surface area contributed by atoms with Crippen molar-refractivity contribution in [1.82, 2.24) is 40.5 Å². The molecular formula is C52H70N12O6. The molecule has 0 spiro atoms. The largest absolute Gasteiger partial charge is 0.492 e. The van der Waals surface area contributed by atoms with E-state index in [2.05, 4.69) is 77.2 Å². The smallest absolute Gasteiger partial charge is 0.213 e. The van der Waals surface area contributed by atoms with Crippen molar-refractivity contribution in [2.75, 3.05) is 71.1 Å². The van der Waals surface area contributed by atoms with Crippen molar-refractivity contribution in [3.05, 3.63) is 61.4 Å². The standard InChI is InChI=1S/C52H70N12O6/c1-35(27-65-3)61-38-5-7-39(8-6-38)63-48-25-46(58-34-59-48)45-23-41(12-17-55-45)69-32-52(30-54)15-20-68-47(26-52)42-22-40(62-36(2)28-66-4)9-10-43(42)64-49-24-44(57-33-60-49)37-11-16-56-50(21-37)70-31-51(29-53)13-18-67-19-14-51/h11-12,16-17,21,23-25,33-36,38-40,42-43,47,61-62H,5-10,13-15,18-20,22,26-28,31-32H2,1-4H3,(H,57,60,64)(H,58,59,63). The molecule has 0 bridgehead atoms. The molecule has 2 aliphatic heterocycles. The molecule has 4 aliphatic rings. The third-order valence-electron chi connectivity index (χ3n) is 14.5. The van der Waals surface area contributed by atoms with Gasteiger partial charge in [0.15, 0.2) is 0 Å². The van der Waals surface area contributed by atoms with Crippen LogP contribution < -0.4 is 30.7 Å². The molecule has 18 nitrogen and oxygen atoms in total. The number of hydrogen-bond donors (Lipinski definition) is 4. The Morgan fingerprint density at radius 2 is 1.30 bits per heavy atom. The third-order valence-corrected chi connectivity index (χ3v) is 14.5. The molecular weight excluding hydrogens is 889 g/mol. The molecule has 7 unspecified atom stereocenters. The van der Waals surface area contributed by atoms with Gasteiger partial charge >= 0.3 is 0 Å². The van der Waals surface area contributed by atoms with Gasteiger partial charge in [-0.25, -0.2) is 24.9 Å². The van der Waals surface area contributed by atoms with Gasteiger partial charge in [-0.05, 0) is 96.6 Å². The number of nitrogens with zero attached hydrogens (tertiary/aromatic N) is 8. The van der Waals surface area contributed by atoms with E-state index in [1.54, 1.807) is 39.3 Å². The average molecular weight is 959 g/mol. The first-order chi connectivity index (χ1) is 34.2. The lowest BCUT2D eigenvalue weighted by molar-refractivity contribution is -0.0810. The van der Waals surface area contributed by atoms with Gasteiger partial charge in [0, 0.05) is 118 Å². The highest BCUT2D eigenvalue weighted by atomic mass is 16.5. The fourth-order valence-corrected chi connectivity index (χ4v) is 10.6. The van der Waals surface area contributed by atoms with Crippen molar-refractivity contribution >= 4 is 11.6 Å². The molecule has 2 saturated carbocycles. The second kappa shape index (κ2) is 24.5. The number of hydrogen-bond acceptors (Lipinski definition) is 18. The zero-order valence-electron chi connectivity index (χ0n) is 41.1. The Morgan fingerprint density at radius 1 is 0.671 bits per heavy atom. The first-order valence-electron chi connectivity index (χ1n) is 25.0. The fourth-order valence-electron chi connectivity index (χ4n) is 10.6. The summed E-state index contributed by atoms with van der Waals surface area (Å²) in [5.74, 6) is 2.57. The third kappa shape index (κ3) is 13.6. The van der Waals surface area contributed by atoms with Gasteiger partial charge in [-0.1, -0.05) is 0 Å². The lowest BCUT2D eigenvalue weighted by atomic mass is 9.71. The van der Waals surface area contributed by atoms with E-state index in [1.807, 2.05) is 36.4 Å². The molecule has 6 heterocycles. The van der Waals surface area contributed by atoms with Gasteiger partial charge in [-0.3, -0.25) is 4.98 Å². The summed E-state index contributed by atoms with van der Waals surface area (Å²) in [5, 5.41) is 35.7. The van der Waals surface area contributed by atoms with E-state index in [0.29, 0.717) is 111 Å². The van der Waals surface area contributed by atoms with Crippen LogP contribution in [-0.4, -0.2) is 133 Å². The van der Waals surface area contributed by atoms with Crippen LogP contribution in [0.15, 0.2) is 61.4 Å². The Balaban J connectivity index is 0.918. The molecule has 2 saturated heterocycles. The molecule has 0 amide bonds. The van der Waals surface area contributed by atoms with Crippen LogP contribution in [0.3, 0.4) is 0 Å². The van der Waals surface area contributed by atoms with Gasteiger partial charge in [0.05, 0.1) is 59.4 Å². The van der Waals surface area contributed by atoms with Crippen LogP contribution in [0.2, 0.25) is 0 Å². The minimum absolute atomic E-state index is 0.00821. The van der Waals surface area contributed by atoms with Crippen molar-refractivity contribution in [3.63, 3.8) is 0 Å². The average Bonchev–Trinajstić information content (AvgIpc) is 3.39. The summed E-state index contributed by atoms with van der Waals surface area (Å²) in [6.45, 7) is 7.61. The lowest BCUT2D eigenvalue weighted by Crippen LogP contribution is -2.52. The zero-order valence-corrected chi connectivity index (χ0v) is 41.1. The molecule has 4 N–H and O–H groups in total. The van der Waals surface area contributed by atoms with Gasteiger partial charge in [-0.15, -0.1) is 0 Å². The Hall–Kier alpha value is -5.60. The SMILES string of the molecule is COCC(C)NC1CCC(Nc2cc(-c3cc(OCC4(C#N)CCOC(C5CC(NC(C)COC)CCC5Nc5cc(-c6ccnc(OCC7(C#N)CCOCC7)c6)ncn5)C4)ccn3)ncn2)CC1. The molecule has 4 aromatic heterocycles. The Bertz CT molecular complexity index is 2370. The number of aromatic nitrogens is 6. The summed E-state index contributed by atoms with van der Waals surface area (Å²) < 4.78 is 35.5. The molecule has 70 heavy (non-hydrogen) atoms. The quantitative estimate of drug-likeness (QED) is 0.0675. The summed E-state index contributed by atoms with van der Waals surface area (Å²) in [6, 6.07) is 18.1. The van der Waals surface area contributed by atoms with Crippen LogP contribution in [0.4, 0.5) is 11.6 Å². The van der Waals surface area contributed by atoms with E-state index in [9.17, 15) is 10.5 Å². The van der Waals surface area contributed by atoms with E-state index >= 15 is 0 Å². The monoisotopic (exact) mass is 959 g/mol. The number of nitrogens with one attached hydrogen (secondary N) is 4. The number of ether oxygens (including phenoxy) is 6. The molecule has 8 rings (SSSR count). The molecule has 0 aromatic carbocycles. The maximum absolute atomic E-state index is 10.9. The van der Waals surface area contributed by atoms with Crippen molar-refractivity contribution < 1.29 is 28.4 Å². The number of pyridine rings is 2. The van der Waals surface area contributed by atoms with Crippen molar-refractivity contribution in [1.29, 1.82) is 10.5 Å². The van der Waals surface area contributed by atoms with Crippen LogP contribution in [-0.2, 0) is 18.9 Å². The first-order valence-corrected chi connectivity index (χ1v) is 25.0. The Kier molecular flexibility index (Phi) is 17.8. The Labute approximate surface area is 412 Å². The van der Waals surface area contributed by atoms with Gasteiger partial charge in [0.2, 0.25) is 5.88 Å². The summed E-state index contributed by atoms with van der Waals surface area (Å²) in [4.78, 5) is 27.5. The first kappa shape index (κ1) is 50.8. The second-order valence-corrected chi connectivity index (χ2v) is 19.8. The van der Waals surface area contributed by atoms with Gasteiger partial charge < -0.3 is 49.7 Å². The van der Waals surface area contributed by atoms with E-state index in [0.717, 1.165) is 56.3 Å². The predicted molar refractivity (Wildman–Crippen MR) is 264 cm³/mol. The topological polar surface area (TPSA) is 228 Å². The number of nitriles is 2. The molecule has 4 fully saturated rings. The van der Waals surface area contributed by atoms with Crippen LogP contribution >= 0.6 is 0 Å². The molecule has 4 aromatic rings. The van der Waals surface area contributed by atoms with Crippen LogP contribution in [0.5, 0.6) is 11.6 Å².